The van der Waals surface area contributed by atoms with E-state index in [4.69, 9.17) is 23.1 Å². The van der Waals surface area contributed by atoms with E-state index >= 15 is 0 Å². The van der Waals surface area contributed by atoms with E-state index in [2.05, 4.69) is 15.3 Å². The Morgan fingerprint density at radius 2 is 2.24 bits per heavy atom. The molecule has 0 aliphatic carbocycles. The van der Waals surface area contributed by atoms with E-state index in [9.17, 15) is 9.18 Å². The van der Waals surface area contributed by atoms with Gasteiger partial charge in [0.05, 0.1) is 17.8 Å². The van der Waals surface area contributed by atoms with Crippen LogP contribution in [0.15, 0.2) is 28.6 Å². The van der Waals surface area contributed by atoms with E-state index in [1.807, 2.05) is 0 Å². The Kier molecular flexibility index (Phi) is 4.71. The van der Waals surface area contributed by atoms with Crippen LogP contribution in [0.4, 0.5) is 15.2 Å². The van der Waals surface area contributed by atoms with Crippen LogP contribution in [-0.4, -0.2) is 16.9 Å². The number of rotatable bonds is 4. The van der Waals surface area contributed by atoms with Crippen LogP contribution in [-0.2, 0) is 11.2 Å². The van der Waals surface area contributed by atoms with E-state index in [-0.39, 0.29) is 23.1 Å². The fraction of sp³-hybridized carbons (Fsp3) is 0.0833. The number of carbonyl (C=O) groups excluding carboxylic acids is 1. The second-order valence-corrected chi connectivity index (χ2v) is 5.28. The largest absolute Gasteiger partial charge is 0.370 e. The number of amides is 1. The minimum atomic E-state index is -0.602. The average Bonchev–Trinajstić information content (AvgIpc) is 2.79. The minimum absolute atomic E-state index is 0.0153. The normalized spacial score (nSPS) is 10.2. The first-order chi connectivity index (χ1) is 9.94. The Morgan fingerprint density at radius 1 is 1.48 bits per heavy atom. The van der Waals surface area contributed by atoms with Crippen LogP contribution in [0.25, 0.3) is 0 Å². The Balaban J connectivity index is 2.01. The fourth-order valence-electron chi connectivity index (χ4n) is 1.49. The number of aliphatic imine (C=N–C) groups is 1. The lowest BCUT2D eigenvalue weighted by atomic mass is 10.2. The fourth-order valence-corrected chi connectivity index (χ4v) is 2.35. The Hall–Kier alpha value is -2.19. The number of thiazole rings is 1. The lowest BCUT2D eigenvalue weighted by molar-refractivity contribution is -0.115. The van der Waals surface area contributed by atoms with Gasteiger partial charge in [-0.1, -0.05) is 11.6 Å². The smallest absolute Gasteiger partial charge is 0.230 e. The first-order valence-electron chi connectivity index (χ1n) is 5.73. The summed E-state index contributed by atoms with van der Waals surface area (Å²) in [5, 5.41) is 4.71. The van der Waals surface area contributed by atoms with Crippen LogP contribution >= 0.6 is 22.9 Å². The summed E-state index contributed by atoms with van der Waals surface area (Å²) in [6.07, 6.45) is -0.0153. The number of carbonyl (C=O) groups is 1. The first-order valence-corrected chi connectivity index (χ1v) is 6.99. The van der Waals surface area contributed by atoms with Crippen LogP contribution < -0.4 is 16.8 Å². The summed E-state index contributed by atoms with van der Waals surface area (Å²) in [5.74, 6) is -1.11. The molecule has 110 valence electrons. The van der Waals surface area contributed by atoms with Gasteiger partial charge in [-0.3, -0.25) is 4.79 Å². The maximum atomic E-state index is 13.5. The molecule has 0 atom stereocenters. The molecule has 0 fully saturated rings. The van der Waals surface area contributed by atoms with Crippen LogP contribution in [0.2, 0.25) is 5.02 Å². The molecule has 0 radical (unpaired) electrons. The van der Waals surface area contributed by atoms with Gasteiger partial charge in [-0.05, 0) is 18.2 Å². The summed E-state index contributed by atoms with van der Waals surface area (Å²) in [4.78, 5) is 19.7. The molecule has 21 heavy (non-hydrogen) atoms. The van der Waals surface area contributed by atoms with Crippen molar-refractivity contribution in [2.24, 2.45) is 16.5 Å². The number of nitrogens with zero attached hydrogens (tertiary/aromatic N) is 2. The Bertz CT molecular complexity index is 699. The van der Waals surface area contributed by atoms with Crippen molar-refractivity contribution >= 4 is 45.6 Å². The van der Waals surface area contributed by atoms with Gasteiger partial charge in [0.1, 0.15) is 5.82 Å². The molecule has 1 amide bonds. The lowest BCUT2D eigenvalue weighted by Crippen LogP contribution is -2.21. The van der Waals surface area contributed by atoms with Gasteiger partial charge in [-0.15, -0.1) is 11.3 Å². The van der Waals surface area contributed by atoms with E-state index in [0.29, 0.717) is 10.8 Å². The van der Waals surface area contributed by atoms with Gasteiger partial charge in [0.15, 0.2) is 5.96 Å². The maximum absolute atomic E-state index is 13.5. The highest BCUT2D eigenvalue weighted by molar-refractivity contribution is 7.13. The highest BCUT2D eigenvalue weighted by Crippen LogP contribution is 2.21. The minimum Gasteiger partial charge on any atom is -0.370 e. The molecule has 0 unspecified atom stereocenters. The molecular weight excluding hydrogens is 317 g/mol. The molecule has 1 aromatic heterocycles. The molecule has 0 saturated carbocycles. The van der Waals surface area contributed by atoms with Crippen LogP contribution in [0.1, 0.15) is 5.69 Å². The molecule has 0 saturated heterocycles. The molecular formula is C12H11ClFN5OS. The third-order valence-corrected chi connectivity index (χ3v) is 3.33. The quantitative estimate of drug-likeness (QED) is 0.590. The van der Waals surface area contributed by atoms with Crippen LogP contribution in [0.5, 0.6) is 0 Å². The van der Waals surface area contributed by atoms with Crippen LogP contribution in [0.3, 0.4) is 0 Å². The SMILES string of the molecule is NC(N)=Nc1nc(CC(=O)Nc2ccc(Cl)cc2F)cs1. The van der Waals surface area contributed by atoms with E-state index < -0.39 is 11.7 Å². The van der Waals surface area contributed by atoms with Crippen molar-refractivity contribution in [1.82, 2.24) is 4.98 Å². The van der Waals surface area contributed by atoms with E-state index in [1.165, 1.54) is 23.5 Å². The van der Waals surface area contributed by atoms with Crippen molar-refractivity contribution in [3.63, 3.8) is 0 Å². The highest BCUT2D eigenvalue weighted by Gasteiger charge is 2.10. The molecule has 2 aromatic rings. The lowest BCUT2D eigenvalue weighted by Gasteiger charge is -2.05. The zero-order chi connectivity index (χ0) is 15.4. The second-order valence-electron chi connectivity index (χ2n) is 4.01. The summed E-state index contributed by atoms with van der Waals surface area (Å²) in [7, 11) is 0. The van der Waals surface area contributed by atoms with Gasteiger partial charge < -0.3 is 16.8 Å². The standard InChI is InChI=1S/C12H11ClFN5OS/c13-6-1-2-9(8(14)3-6)18-10(20)4-7-5-21-12(17-7)19-11(15)16/h1-3,5H,4H2,(H,18,20)(H4,15,16,17,19). The summed E-state index contributed by atoms with van der Waals surface area (Å²) in [6, 6.07) is 4.00. The summed E-state index contributed by atoms with van der Waals surface area (Å²) in [6.45, 7) is 0. The number of benzene rings is 1. The van der Waals surface area contributed by atoms with Crippen molar-refractivity contribution in [2.45, 2.75) is 6.42 Å². The number of hydrogen-bond acceptors (Lipinski definition) is 4. The van der Waals surface area contributed by atoms with Crippen molar-refractivity contribution in [3.05, 3.63) is 40.1 Å². The number of hydrogen-bond donors (Lipinski definition) is 3. The van der Waals surface area contributed by atoms with E-state index in [0.717, 1.165) is 6.07 Å². The molecule has 0 aliphatic heterocycles. The average molecular weight is 328 g/mol. The first kappa shape index (κ1) is 15.2. The van der Waals surface area contributed by atoms with Gasteiger partial charge in [0, 0.05) is 10.4 Å². The molecule has 1 aromatic carbocycles. The summed E-state index contributed by atoms with van der Waals surface area (Å²) < 4.78 is 13.5. The number of nitrogens with two attached hydrogens (primary N) is 2. The van der Waals surface area contributed by atoms with Gasteiger partial charge in [0.2, 0.25) is 11.0 Å². The van der Waals surface area contributed by atoms with Crippen molar-refractivity contribution < 1.29 is 9.18 Å². The number of nitrogens with one attached hydrogen (secondary N) is 1. The zero-order valence-electron chi connectivity index (χ0n) is 10.6. The number of halogens is 2. The Morgan fingerprint density at radius 3 is 2.90 bits per heavy atom. The molecule has 0 aliphatic rings. The predicted molar refractivity (Wildman–Crippen MR) is 81.3 cm³/mol. The number of aromatic nitrogens is 1. The van der Waals surface area contributed by atoms with Crippen LogP contribution in [0, 0.1) is 5.82 Å². The predicted octanol–water partition coefficient (Wildman–Crippen LogP) is 2.02. The molecule has 0 spiro atoms. The van der Waals surface area contributed by atoms with Crippen molar-refractivity contribution in [1.29, 1.82) is 0 Å². The second kappa shape index (κ2) is 6.51. The van der Waals surface area contributed by atoms with Crippen molar-refractivity contribution in [2.75, 3.05) is 5.32 Å². The summed E-state index contributed by atoms with van der Waals surface area (Å²) in [5.41, 5.74) is 11.0. The van der Waals surface area contributed by atoms with E-state index in [1.54, 1.807) is 5.38 Å². The number of guanidine groups is 1. The molecule has 6 nitrogen and oxygen atoms in total. The molecule has 1 heterocycles. The molecule has 0 bridgehead atoms. The van der Waals surface area contributed by atoms with Gasteiger partial charge in [-0.25, -0.2) is 9.37 Å². The Labute approximate surface area is 128 Å². The molecule has 2 rings (SSSR count). The van der Waals surface area contributed by atoms with Gasteiger partial charge in [-0.2, -0.15) is 4.99 Å². The highest BCUT2D eigenvalue weighted by atomic mass is 35.5. The molecule has 5 N–H and O–H groups in total. The third-order valence-electron chi connectivity index (χ3n) is 2.31. The van der Waals surface area contributed by atoms with Crippen molar-refractivity contribution in [3.8, 4) is 0 Å². The molecule has 9 heteroatoms. The monoisotopic (exact) mass is 327 g/mol. The van der Waals surface area contributed by atoms with Gasteiger partial charge in [0.25, 0.3) is 0 Å². The number of anilines is 1. The van der Waals surface area contributed by atoms with Gasteiger partial charge >= 0.3 is 0 Å². The maximum Gasteiger partial charge on any atom is 0.230 e. The topological polar surface area (TPSA) is 106 Å². The third kappa shape index (κ3) is 4.40. The summed E-state index contributed by atoms with van der Waals surface area (Å²) >= 11 is 6.83. The zero-order valence-corrected chi connectivity index (χ0v) is 12.2.